The molecule has 1 rings (SSSR count). The molecule has 0 aromatic heterocycles. The van der Waals surface area contributed by atoms with E-state index in [-0.39, 0.29) is 20.5 Å². The van der Waals surface area contributed by atoms with Crippen molar-refractivity contribution >= 4 is 31.6 Å². The maximum absolute atomic E-state index is 13.2. The van der Waals surface area contributed by atoms with Gasteiger partial charge in [-0.15, -0.1) is 0 Å². The molecule has 7 heteroatoms. The highest BCUT2D eigenvalue weighted by atomic mass is 79.9. The van der Waals surface area contributed by atoms with Crippen molar-refractivity contribution in [3.63, 3.8) is 0 Å². The predicted molar refractivity (Wildman–Crippen MR) is 77.8 cm³/mol. The summed E-state index contributed by atoms with van der Waals surface area (Å²) in [7, 11) is -3.72. The molecule has 1 aromatic rings. The van der Waals surface area contributed by atoms with Crippen LogP contribution in [0, 0.1) is 11.2 Å². The lowest BCUT2D eigenvalue weighted by molar-refractivity contribution is 0.378. The Balaban J connectivity index is 2.92. The first-order valence-corrected chi connectivity index (χ1v) is 8.05. The fourth-order valence-corrected chi connectivity index (χ4v) is 3.08. The van der Waals surface area contributed by atoms with E-state index in [1.165, 1.54) is 6.07 Å². The highest BCUT2D eigenvalue weighted by Crippen LogP contribution is 2.26. The molecule has 19 heavy (non-hydrogen) atoms. The first kappa shape index (κ1) is 16.4. The number of nitrogen functional groups attached to an aromatic ring is 1. The van der Waals surface area contributed by atoms with Crippen molar-refractivity contribution in [1.29, 1.82) is 0 Å². The second-order valence-electron chi connectivity index (χ2n) is 5.51. The van der Waals surface area contributed by atoms with Crippen LogP contribution in [0.2, 0.25) is 0 Å². The maximum Gasteiger partial charge on any atom is 0.242 e. The molecule has 0 bridgehead atoms. The molecule has 1 aromatic carbocycles. The van der Waals surface area contributed by atoms with Gasteiger partial charge in [0.15, 0.2) is 0 Å². The second-order valence-corrected chi connectivity index (χ2v) is 8.10. The van der Waals surface area contributed by atoms with E-state index in [1.54, 1.807) is 0 Å². The molecule has 108 valence electrons. The summed E-state index contributed by atoms with van der Waals surface area (Å²) in [6.07, 6.45) is 0.689. The number of rotatable bonds is 4. The van der Waals surface area contributed by atoms with Gasteiger partial charge >= 0.3 is 0 Å². The van der Waals surface area contributed by atoms with Crippen LogP contribution in [0.15, 0.2) is 21.5 Å². The lowest BCUT2D eigenvalue weighted by atomic mass is 9.93. The predicted octanol–water partition coefficient (Wildman–Crippen LogP) is 2.88. The van der Waals surface area contributed by atoms with Gasteiger partial charge in [0, 0.05) is 6.54 Å². The average Bonchev–Trinajstić information content (AvgIpc) is 2.20. The Kier molecular flexibility index (Phi) is 4.97. The molecule has 0 saturated heterocycles. The number of hydrogen-bond donors (Lipinski definition) is 2. The minimum absolute atomic E-state index is 0.0252. The Morgan fingerprint density at radius 1 is 1.37 bits per heavy atom. The van der Waals surface area contributed by atoms with Crippen LogP contribution >= 0.6 is 15.9 Å². The molecule has 0 amide bonds. The molecule has 4 nitrogen and oxygen atoms in total. The topological polar surface area (TPSA) is 72.2 Å². The normalized spacial score (nSPS) is 12.7. The number of anilines is 1. The molecule has 0 unspecified atom stereocenters. The van der Waals surface area contributed by atoms with Gasteiger partial charge in [0.05, 0.1) is 10.2 Å². The van der Waals surface area contributed by atoms with Gasteiger partial charge in [-0.3, -0.25) is 0 Å². The van der Waals surface area contributed by atoms with Crippen LogP contribution in [-0.2, 0) is 10.0 Å². The third kappa shape index (κ3) is 4.74. The first-order chi connectivity index (χ1) is 8.53. The van der Waals surface area contributed by atoms with Crippen LogP contribution in [0.3, 0.4) is 0 Å². The van der Waals surface area contributed by atoms with Crippen LogP contribution in [0.5, 0.6) is 0 Å². The summed E-state index contributed by atoms with van der Waals surface area (Å²) in [4.78, 5) is -0.116. The van der Waals surface area contributed by atoms with Gasteiger partial charge < -0.3 is 5.73 Å². The molecule has 0 saturated carbocycles. The zero-order valence-corrected chi connectivity index (χ0v) is 13.5. The number of hydrogen-bond acceptors (Lipinski definition) is 3. The monoisotopic (exact) mass is 352 g/mol. The second kappa shape index (κ2) is 5.76. The van der Waals surface area contributed by atoms with Gasteiger partial charge in [0.1, 0.15) is 10.7 Å². The van der Waals surface area contributed by atoms with Crippen molar-refractivity contribution in [3.8, 4) is 0 Å². The van der Waals surface area contributed by atoms with Crippen molar-refractivity contribution in [2.75, 3.05) is 12.3 Å². The molecule has 3 N–H and O–H groups in total. The fourth-order valence-electron chi connectivity index (χ4n) is 1.41. The third-order valence-corrected chi connectivity index (χ3v) is 4.63. The highest BCUT2D eigenvalue weighted by molar-refractivity contribution is 9.10. The quantitative estimate of drug-likeness (QED) is 0.818. The number of halogens is 2. The summed E-state index contributed by atoms with van der Waals surface area (Å²) in [5.41, 5.74) is 5.47. The standard InChI is InChI=1S/C12H18BrFN2O2S/c1-12(2,3)4-5-16-19(17,18)11-6-8(13)9(14)7-10(11)15/h6-7,16H,4-5,15H2,1-3H3. The van der Waals surface area contributed by atoms with Gasteiger partial charge in [0.2, 0.25) is 10.0 Å². The van der Waals surface area contributed by atoms with E-state index in [0.29, 0.717) is 13.0 Å². The smallest absolute Gasteiger partial charge is 0.242 e. The Hall–Kier alpha value is -0.660. The molecule has 0 spiro atoms. The molecule has 0 radical (unpaired) electrons. The van der Waals surface area contributed by atoms with E-state index < -0.39 is 15.8 Å². The van der Waals surface area contributed by atoms with Crippen LogP contribution in [0.1, 0.15) is 27.2 Å². The lowest BCUT2D eigenvalue weighted by Gasteiger charge is -2.18. The molecule has 0 heterocycles. The Labute approximate surface area is 121 Å². The van der Waals surface area contributed by atoms with E-state index in [9.17, 15) is 12.8 Å². The number of nitrogens with two attached hydrogens (primary N) is 1. The molecule has 0 aliphatic heterocycles. The maximum atomic E-state index is 13.2. The van der Waals surface area contributed by atoms with Crippen molar-refractivity contribution in [1.82, 2.24) is 4.72 Å². The summed E-state index contributed by atoms with van der Waals surface area (Å²) >= 11 is 2.95. The first-order valence-electron chi connectivity index (χ1n) is 5.77. The molecule has 0 fully saturated rings. The number of nitrogens with one attached hydrogen (secondary N) is 1. The molecular weight excluding hydrogens is 335 g/mol. The van der Waals surface area contributed by atoms with E-state index in [4.69, 9.17) is 5.73 Å². The Morgan fingerprint density at radius 3 is 2.47 bits per heavy atom. The summed E-state index contributed by atoms with van der Waals surface area (Å²) < 4.78 is 39.9. The average molecular weight is 353 g/mol. The molecular formula is C12H18BrFN2O2S. The van der Waals surface area contributed by atoms with E-state index in [2.05, 4.69) is 20.7 Å². The van der Waals surface area contributed by atoms with E-state index >= 15 is 0 Å². The van der Waals surface area contributed by atoms with Gasteiger partial charge in [-0.25, -0.2) is 17.5 Å². The fraction of sp³-hybridized carbons (Fsp3) is 0.500. The minimum atomic E-state index is -3.72. The van der Waals surface area contributed by atoms with Crippen molar-refractivity contribution < 1.29 is 12.8 Å². The summed E-state index contributed by atoms with van der Waals surface area (Å²) in [6, 6.07) is 2.16. The van der Waals surface area contributed by atoms with Crippen LogP contribution < -0.4 is 10.5 Å². The zero-order chi connectivity index (χ0) is 14.8. The minimum Gasteiger partial charge on any atom is -0.398 e. The SMILES string of the molecule is CC(C)(C)CCNS(=O)(=O)c1cc(Br)c(F)cc1N. The summed E-state index contributed by atoms with van der Waals surface area (Å²) in [5, 5.41) is 0. The largest absolute Gasteiger partial charge is 0.398 e. The number of sulfonamides is 1. The van der Waals surface area contributed by atoms with Gasteiger partial charge in [-0.05, 0) is 39.9 Å². The molecule has 0 aliphatic carbocycles. The molecule has 0 atom stereocenters. The van der Waals surface area contributed by atoms with E-state index in [0.717, 1.165) is 6.07 Å². The van der Waals surface area contributed by atoms with E-state index in [1.807, 2.05) is 20.8 Å². The van der Waals surface area contributed by atoms with Gasteiger partial charge in [-0.1, -0.05) is 20.8 Å². The number of benzene rings is 1. The Morgan fingerprint density at radius 2 is 1.95 bits per heavy atom. The Bertz CT molecular complexity index is 568. The van der Waals surface area contributed by atoms with Crippen LogP contribution in [0.4, 0.5) is 10.1 Å². The summed E-state index contributed by atoms with van der Waals surface area (Å²) in [5.74, 6) is -0.592. The van der Waals surface area contributed by atoms with Gasteiger partial charge in [0.25, 0.3) is 0 Å². The lowest BCUT2D eigenvalue weighted by Crippen LogP contribution is -2.28. The molecule has 0 aliphatic rings. The van der Waals surface area contributed by atoms with Crippen LogP contribution in [-0.4, -0.2) is 15.0 Å². The zero-order valence-electron chi connectivity index (χ0n) is 11.1. The van der Waals surface area contributed by atoms with Crippen molar-refractivity contribution in [3.05, 3.63) is 22.4 Å². The van der Waals surface area contributed by atoms with Crippen LogP contribution in [0.25, 0.3) is 0 Å². The third-order valence-electron chi connectivity index (χ3n) is 2.51. The van der Waals surface area contributed by atoms with Gasteiger partial charge in [-0.2, -0.15) is 0 Å². The summed E-state index contributed by atoms with van der Waals surface area (Å²) in [6.45, 7) is 6.36. The highest BCUT2D eigenvalue weighted by Gasteiger charge is 2.20. The van der Waals surface area contributed by atoms with Crippen molar-refractivity contribution in [2.45, 2.75) is 32.1 Å². The van der Waals surface area contributed by atoms with Crippen molar-refractivity contribution in [2.24, 2.45) is 5.41 Å².